The van der Waals surface area contributed by atoms with Crippen LogP contribution in [0.3, 0.4) is 0 Å². The minimum absolute atomic E-state index is 0.0357. The number of nitrogens with two attached hydrogens (primary N) is 2. The molecule has 5 unspecified atom stereocenters. The van der Waals surface area contributed by atoms with Gasteiger partial charge in [0, 0.05) is 38.5 Å². The molecule has 2 aliphatic heterocycles. The minimum Gasteiger partial charge on any atom is -0.368 e. The highest BCUT2D eigenvalue weighted by molar-refractivity contribution is 5.93. The van der Waals surface area contributed by atoms with Crippen LogP contribution in [0, 0.1) is 5.92 Å². The van der Waals surface area contributed by atoms with Gasteiger partial charge in [-0.1, -0.05) is 13.3 Å². The molecule has 11 nitrogen and oxygen atoms in total. The van der Waals surface area contributed by atoms with Gasteiger partial charge in [-0.15, -0.1) is 0 Å². The molecule has 1 saturated carbocycles. The third-order valence-electron chi connectivity index (χ3n) is 7.73. The predicted molar refractivity (Wildman–Crippen MR) is 133 cm³/mol. The van der Waals surface area contributed by atoms with E-state index in [1.807, 2.05) is 6.92 Å². The normalized spacial score (nSPS) is 27.9. The Hall–Kier alpha value is -1.93. The van der Waals surface area contributed by atoms with E-state index in [1.165, 1.54) is 4.90 Å². The zero-order chi connectivity index (χ0) is 27.2. The standard InChI is InChI=1S/C24H43F2N7O4/c1-3-4-9-30-20(27)22(35)31-19(15-5-7-24(25,26)8-6-15)23(36)33-11-16-10-17(37-14-29-2)12-32(16)13-18(33)21(28)34/h15-20,29-30H,3-14,27H2,1-2H3,(H2,28,34)(H,31,35). The number of primary amides is 1. The van der Waals surface area contributed by atoms with Gasteiger partial charge in [0.1, 0.15) is 18.2 Å². The van der Waals surface area contributed by atoms with E-state index >= 15 is 0 Å². The van der Waals surface area contributed by atoms with Gasteiger partial charge in [0.25, 0.3) is 5.91 Å². The van der Waals surface area contributed by atoms with Crippen LogP contribution in [-0.2, 0) is 19.1 Å². The van der Waals surface area contributed by atoms with E-state index in [4.69, 9.17) is 16.2 Å². The summed E-state index contributed by atoms with van der Waals surface area (Å²) >= 11 is 0. The number of carbonyl (C=O) groups excluding carboxylic acids is 3. The summed E-state index contributed by atoms with van der Waals surface area (Å²) in [6, 6.07) is -2.01. The lowest BCUT2D eigenvalue weighted by Gasteiger charge is -2.44. The number of hydrogen-bond donors (Lipinski definition) is 5. The molecule has 0 aromatic rings. The van der Waals surface area contributed by atoms with Gasteiger partial charge in [0.15, 0.2) is 0 Å². The number of piperazine rings is 1. The molecule has 37 heavy (non-hydrogen) atoms. The lowest BCUT2D eigenvalue weighted by atomic mass is 9.81. The van der Waals surface area contributed by atoms with Crippen molar-refractivity contribution in [1.29, 1.82) is 0 Å². The number of carbonyl (C=O) groups is 3. The van der Waals surface area contributed by atoms with Gasteiger partial charge in [-0.3, -0.25) is 29.9 Å². The lowest BCUT2D eigenvalue weighted by Crippen LogP contribution is -2.66. The van der Waals surface area contributed by atoms with Crippen molar-refractivity contribution in [2.24, 2.45) is 17.4 Å². The summed E-state index contributed by atoms with van der Waals surface area (Å²) in [6.45, 7) is 4.04. The van der Waals surface area contributed by atoms with Gasteiger partial charge >= 0.3 is 0 Å². The number of fused-ring (bicyclic) bond motifs is 1. The molecule has 3 amide bonds. The molecule has 7 N–H and O–H groups in total. The van der Waals surface area contributed by atoms with Gasteiger partial charge in [-0.25, -0.2) is 8.78 Å². The Morgan fingerprint density at radius 1 is 1.16 bits per heavy atom. The van der Waals surface area contributed by atoms with Crippen LogP contribution in [0.4, 0.5) is 8.78 Å². The van der Waals surface area contributed by atoms with E-state index < -0.39 is 47.8 Å². The van der Waals surface area contributed by atoms with Crippen molar-refractivity contribution in [3.05, 3.63) is 0 Å². The number of ether oxygens (including phenoxy) is 1. The highest BCUT2D eigenvalue weighted by atomic mass is 19.3. The van der Waals surface area contributed by atoms with Gasteiger partial charge in [-0.05, 0) is 45.2 Å². The van der Waals surface area contributed by atoms with Crippen molar-refractivity contribution in [3.63, 3.8) is 0 Å². The first kappa shape index (κ1) is 29.6. The van der Waals surface area contributed by atoms with E-state index in [-0.39, 0.29) is 50.9 Å². The van der Waals surface area contributed by atoms with E-state index in [0.717, 1.165) is 12.8 Å². The summed E-state index contributed by atoms with van der Waals surface area (Å²) < 4.78 is 33.6. The van der Waals surface area contributed by atoms with Crippen LogP contribution in [0.2, 0.25) is 0 Å². The molecular formula is C24H43F2N7O4. The summed E-state index contributed by atoms with van der Waals surface area (Å²) in [5.41, 5.74) is 11.7. The molecule has 2 saturated heterocycles. The molecule has 3 rings (SSSR count). The molecule has 0 bridgehead atoms. The van der Waals surface area contributed by atoms with Crippen LogP contribution in [0.25, 0.3) is 0 Å². The molecule has 0 spiro atoms. The van der Waals surface area contributed by atoms with E-state index in [0.29, 0.717) is 26.2 Å². The number of alkyl halides is 2. The molecular weight excluding hydrogens is 488 g/mol. The Bertz CT molecular complexity index is 795. The highest BCUT2D eigenvalue weighted by Crippen LogP contribution is 2.38. The number of nitrogens with one attached hydrogen (secondary N) is 3. The van der Waals surface area contributed by atoms with Gasteiger partial charge in [-0.2, -0.15) is 0 Å². The van der Waals surface area contributed by atoms with Crippen LogP contribution in [0.1, 0.15) is 51.9 Å². The second-order valence-corrected chi connectivity index (χ2v) is 10.5. The smallest absolute Gasteiger partial charge is 0.252 e. The fourth-order valence-corrected chi connectivity index (χ4v) is 5.56. The lowest BCUT2D eigenvalue weighted by molar-refractivity contribution is -0.149. The Morgan fingerprint density at radius 3 is 2.49 bits per heavy atom. The van der Waals surface area contributed by atoms with Crippen molar-refractivity contribution >= 4 is 17.7 Å². The average Bonchev–Trinajstić information content (AvgIpc) is 3.26. The Kier molecular flexibility index (Phi) is 10.6. The molecule has 2 heterocycles. The number of halogens is 2. The maximum Gasteiger partial charge on any atom is 0.252 e. The number of hydrogen-bond acceptors (Lipinski definition) is 8. The summed E-state index contributed by atoms with van der Waals surface area (Å²) in [7, 11) is 1.78. The Labute approximate surface area is 217 Å². The molecule has 5 atom stereocenters. The predicted octanol–water partition coefficient (Wildman–Crippen LogP) is -0.696. The topological polar surface area (TPSA) is 155 Å². The highest BCUT2D eigenvalue weighted by Gasteiger charge is 2.48. The third kappa shape index (κ3) is 7.79. The number of amides is 3. The van der Waals surface area contributed by atoms with Crippen LogP contribution in [0.5, 0.6) is 0 Å². The fraction of sp³-hybridized carbons (Fsp3) is 0.875. The molecule has 0 aromatic heterocycles. The van der Waals surface area contributed by atoms with Crippen molar-refractivity contribution in [1.82, 2.24) is 25.8 Å². The number of rotatable bonds is 12. The quantitative estimate of drug-likeness (QED) is 0.164. The van der Waals surface area contributed by atoms with Crippen molar-refractivity contribution < 1.29 is 27.9 Å². The van der Waals surface area contributed by atoms with Crippen molar-refractivity contribution in [2.75, 3.05) is 40.0 Å². The summed E-state index contributed by atoms with van der Waals surface area (Å²) in [5, 5.41) is 8.60. The van der Waals surface area contributed by atoms with Crippen molar-refractivity contribution in [3.8, 4) is 0 Å². The van der Waals surface area contributed by atoms with Crippen molar-refractivity contribution in [2.45, 2.75) is 88.2 Å². The van der Waals surface area contributed by atoms with Crippen LogP contribution < -0.4 is 27.4 Å². The van der Waals surface area contributed by atoms with Gasteiger partial charge in [0.05, 0.1) is 12.8 Å². The first-order chi connectivity index (χ1) is 17.6. The largest absolute Gasteiger partial charge is 0.368 e. The molecule has 0 radical (unpaired) electrons. The number of unbranched alkanes of at least 4 members (excludes halogenated alkanes) is 1. The molecule has 3 fully saturated rings. The van der Waals surface area contributed by atoms with Gasteiger partial charge in [0.2, 0.25) is 17.7 Å². The van der Waals surface area contributed by atoms with E-state index in [1.54, 1.807) is 7.05 Å². The summed E-state index contributed by atoms with van der Waals surface area (Å²) in [4.78, 5) is 42.8. The van der Waals surface area contributed by atoms with Crippen LogP contribution >= 0.6 is 0 Å². The number of nitrogens with zero attached hydrogens (tertiary/aromatic N) is 2. The molecule has 3 aliphatic rings. The van der Waals surface area contributed by atoms with Crippen LogP contribution in [0.15, 0.2) is 0 Å². The third-order valence-corrected chi connectivity index (χ3v) is 7.73. The molecule has 1 aliphatic carbocycles. The fourth-order valence-electron chi connectivity index (χ4n) is 5.56. The second-order valence-electron chi connectivity index (χ2n) is 10.5. The average molecular weight is 532 g/mol. The summed E-state index contributed by atoms with van der Waals surface area (Å²) in [6.07, 6.45) is 0.749. The first-order valence-electron chi connectivity index (χ1n) is 13.3. The van der Waals surface area contributed by atoms with Crippen LogP contribution in [-0.4, -0.2) is 104 Å². The van der Waals surface area contributed by atoms with E-state index in [9.17, 15) is 23.2 Å². The first-order valence-corrected chi connectivity index (χ1v) is 13.3. The molecule has 212 valence electrons. The zero-order valence-electron chi connectivity index (χ0n) is 21.9. The Morgan fingerprint density at radius 2 is 1.86 bits per heavy atom. The minimum atomic E-state index is -2.79. The monoisotopic (exact) mass is 531 g/mol. The van der Waals surface area contributed by atoms with Gasteiger partial charge < -0.3 is 26.4 Å². The van der Waals surface area contributed by atoms with E-state index in [2.05, 4.69) is 20.9 Å². The summed E-state index contributed by atoms with van der Waals surface area (Å²) in [5.74, 6) is -5.00. The maximum atomic E-state index is 13.9. The molecule has 13 heteroatoms. The zero-order valence-corrected chi connectivity index (χ0v) is 21.9. The molecule has 0 aromatic carbocycles. The second kappa shape index (κ2) is 13.2. The maximum absolute atomic E-state index is 13.9. The SMILES string of the molecule is CCCCNC(N)C(=O)NC(C(=O)N1CC2CC(OCNC)CN2CC1C(N)=O)C1CCC(F)(F)CC1. The Balaban J connectivity index is 1.77.